The van der Waals surface area contributed by atoms with Crippen molar-refractivity contribution >= 4 is 56.1 Å². The van der Waals surface area contributed by atoms with Gasteiger partial charge in [0.05, 0.1) is 16.8 Å². The van der Waals surface area contributed by atoms with Crippen molar-refractivity contribution in [3.05, 3.63) is 61.4 Å². The van der Waals surface area contributed by atoms with E-state index < -0.39 is 17.7 Å². The molecular formula is C14H8BrFINO3. The fourth-order valence-electron chi connectivity index (χ4n) is 1.68. The van der Waals surface area contributed by atoms with Crippen LogP contribution in [0.4, 0.5) is 10.1 Å². The van der Waals surface area contributed by atoms with Crippen molar-refractivity contribution < 1.29 is 19.1 Å². The zero-order valence-electron chi connectivity index (χ0n) is 10.4. The average molecular weight is 464 g/mol. The van der Waals surface area contributed by atoms with Crippen molar-refractivity contribution in [3.63, 3.8) is 0 Å². The van der Waals surface area contributed by atoms with Gasteiger partial charge in [0.2, 0.25) is 0 Å². The highest BCUT2D eigenvalue weighted by Gasteiger charge is 2.17. The lowest BCUT2D eigenvalue weighted by atomic mass is 10.1. The van der Waals surface area contributed by atoms with Crippen LogP contribution in [-0.4, -0.2) is 17.0 Å². The van der Waals surface area contributed by atoms with Gasteiger partial charge in [0, 0.05) is 8.04 Å². The topological polar surface area (TPSA) is 66.4 Å². The van der Waals surface area contributed by atoms with E-state index in [0.717, 1.165) is 0 Å². The number of halogens is 3. The van der Waals surface area contributed by atoms with Crippen LogP contribution >= 0.6 is 38.5 Å². The molecule has 0 unspecified atom stereocenters. The Morgan fingerprint density at radius 3 is 2.52 bits per heavy atom. The van der Waals surface area contributed by atoms with Crippen molar-refractivity contribution in [2.75, 3.05) is 5.32 Å². The Bertz CT molecular complexity index is 736. The van der Waals surface area contributed by atoms with Gasteiger partial charge in [0.1, 0.15) is 5.82 Å². The molecule has 0 bridgehead atoms. The predicted molar refractivity (Wildman–Crippen MR) is 88.2 cm³/mol. The molecule has 1 amide bonds. The van der Waals surface area contributed by atoms with Gasteiger partial charge in [-0.05, 0) is 68.9 Å². The second-order valence-electron chi connectivity index (χ2n) is 4.05. The standard InChI is InChI=1S/C14H8BrFINO3/c15-10-3-1-2-9(14(20)21)12(10)18-13(19)8-5-4-7(16)6-11(8)17/h1-6H,(H,18,19)(H,20,21). The van der Waals surface area contributed by atoms with Crippen LogP contribution in [0.1, 0.15) is 20.7 Å². The van der Waals surface area contributed by atoms with Crippen LogP contribution in [0.15, 0.2) is 40.9 Å². The number of carboxylic acid groups (broad SMARTS) is 1. The van der Waals surface area contributed by atoms with Crippen LogP contribution in [0.5, 0.6) is 0 Å². The molecular weight excluding hydrogens is 456 g/mol. The Balaban J connectivity index is 2.38. The van der Waals surface area contributed by atoms with Crippen molar-refractivity contribution in [1.29, 1.82) is 0 Å². The van der Waals surface area contributed by atoms with Crippen LogP contribution in [0, 0.1) is 9.39 Å². The first-order valence-corrected chi connectivity index (χ1v) is 7.55. The van der Waals surface area contributed by atoms with Crippen LogP contribution in [0.25, 0.3) is 0 Å². The lowest BCUT2D eigenvalue weighted by Crippen LogP contribution is -2.16. The highest BCUT2D eigenvalue weighted by Crippen LogP contribution is 2.27. The summed E-state index contributed by atoms with van der Waals surface area (Å²) in [7, 11) is 0. The molecule has 21 heavy (non-hydrogen) atoms. The summed E-state index contributed by atoms with van der Waals surface area (Å²) in [6.07, 6.45) is 0. The number of nitrogens with one attached hydrogen (secondary N) is 1. The van der Waals surface area contributed by atoms with Gasteiger partial charge < -0.3 is 10.4 Å². The minimum atomic E-state index is -1.15. The molecule has 2 aromatic rings. The fourth-order valence-corrected chi connectivity index (χ4v) is 2.87. The monoisotopic (exact) mass is 463 g/mol. The minimum absolute atomic E-state index is 0.0326. The zero-order valence-corrected chi connectivity index (χ0v) is 14.1. The Kier molecular flexibility index (Phi) is 4.94. The molecule has 2 rings (SSSR count). The number of carboxylic acids is 1. The summed E-state index contributed by atoms with van der Waals surface area (Å²) < 4.78 is 13.9. The molecule has 0 spiro atoms. The van der Waals surface area contributed by atoms with Gasteiger partial charge in [-0.3, -0.25) is 4.79 Å². The first-order chi connectivity index (χ1) is 9.90. The number of amides is 1. The molecule has 0 fully saturated rings. The van der Waals surface area contributed by atoms with Gasteiger partial charge >= 0.3 is 5.97 Å². The van der Waals surface area contributed by atoms with E-state index >= 15 is 0 Å². The van der Waals surface area contributed by atoms with Crippen molar-refractivity contribution in [2.45, 2.75) is 0 Å². The van der Waals surface area contributed by atoms with Crippen molar-refractivity contribution in [2.24, 2.45) is 0 Å². The second kappa shape index (κ2) is 6.52. The van der Waals surface area contributed by atoms with E-state index in [4.69, 9.17) is 5.11 Å². The lowest BCUT2D eigenvalue weighted by molar-refractivity contribution is 0.0698. The fraction of sp³-hybridized carbons (Fsp3) is 0. The smallest absolute Gasteiger partial charge is 0.337 e. The predicted octanol–water partition coefficient (Wildman–Crippen LogP) is 4.14. The molecule has 0 atom stereocenters. The number of hydrogen-bond acceptors (Lipinski definition) is 2. The third-order valence-corrected chi connectivity index (χ3v) is 4.21. The van der Waals surface area contributed by atoms with Gasteiger partial charge in [-0.2, -0.15) is 0 Å². The molecule has 108 valence electrons. The molecule has 0 heterocycles. The maximum atomic E-state index is 13.1. The summed E-state index contributed by atoms with van der Waals surface area (Å²) in [6.45, 7) is 0. The molecule has 0 aliphatic carbocycles. The number of para-hydroxylation sites is 1. The van der Waals surface area contributed by atoms with E-state index in [-0.39, 0.29) is 16.8 Å². The maximum Gasteiger partial charge on any atom is 0.337 e. The summed E-state index contributed by atoms with van der Waals surface area (Å²) in [5.74, 6) is -2.10. The summed E-state index contributed by atoms with van der Waals surface area (Å²) in [4.78, 5) is 23.4. The SMILES string of the molecule is O=C(Nc1c(Br)cccc1C(=O)O)c1ccc(F)cc1I. The number of rotatable bonds is 3. The first-order valence-electron chi connectivity index (χ1n) is 5.68. The average Bonchev–Trinajstić information content (AvgIpc) is 2.40. The highest BCUT2D eigenvalue weighted by atomic mass is 127. The van der Waals surface area contributed by atoms with E-state index in [1.165, 1.54) is 24.3 Å². The molecule has 0 aliphatic rings. The Morgan fingerprint density at radius 1 is 1.19 bits per heavy atom. The van der Waals surface area contributed by atoms with E-state index in [1.54, 1.807) is 12.1 Å². The summed E-state index contributed by atoms with van der Waals surface area (Å²) in [6, 6.07) is 8.33. The molecule has 0 saturated carbocycles. The molecule has 0 aromatic heterocycles. The molecule has 0 saturated heterocycles. The van der Waals surface area contributed by atoms with Gasteiger partial charge in [-0.25, -0.2) is 9.18 Å². The Hall–Kier alpha value is -1.48. The number of aromatic carboxylic acids is 1. The quantitative estimate of drug-likeness (QED) is 0.672. The number of anilines is 1. The normalized spacial score (nSPS) is 10.2. The van der Waals surface area contributed by atoms with E-state index in [9.17, 15) is 14.0 Å². The minimum Gasteiger partial charge on any atom is -0.478 e. The van der Waals surface area contributed by atoms with Gasteiger partial charge in [0.25, 0.3) is 5.91 Å². The summed E-state index contributed by atoms with van der Waals surface area (Å²) >= 11 is 5.05. The highest BCUT2D eigenvalue weighted by molar-refractivity contribution is 14.1. The molecule has 2 aromatic carbocycles. The van der Waals surface area contributed by atoms with E-state index in [0.29, 0.717) is 8.04 Å². The van der Waals surface area contributed by atoms with Crippen LogP contribution in [0.2, 0.25) is 0 Å². The second-order valence-corrected chi connectivity index (χ2v) is 6.06. The van der Waals surface area contributed by atoms with Crippen molar-refractivity contribution in [3.8, 4) is 0 Å². The lowest BCUT2D eigenvalue weighted by Gasteiger charge is -2.11. The Morgan fingerprint density at radius 2 is 1.90 bits per heavy atom. The van der Waals surface area contributed by atoms with Crippen LogP contribution in [0.3, 0.4) is 0 Å². The number of benzene rings is 2. The van der Waals surface area contributed by atoms with Gasteiger partial charge in [-0.15, -0.1) is 0 Å². The molecule has 2 N–H and O–H groups in total. The third kappa shape index (κ3) is 3.59. The first kappa shape index (κ1) is 15.9. The Labute approximate surface area is 141 Å². The number of carbonyl (C=O) groups is 2. The largest absolute Gasteiger partial charge is 0.478 e. The third-order valence-electron chi connectivity index (χ3n) is 2.66. The van der Waals surface area contributed by atoms with E-state index in [2.05, 4.69) is 21.2 Å². The molecule has 4 nitrogen and oxygen atoms in total. The molecule has 0 radical (unpaired) electrons. The van der Waals surface area contributed by atoms with Crippen molar-refractivity contribution in [1.82, 2.24) is 0 Å². The maximum absolute atomic E-state index is 13.1. The van der Waals surface area contributed by atoms with Crippen LogP contribution < -0.4 is 5.32 Å². The molecule has 7 heteroatoms. The van der Waals surface area contributed by atoms with E-state index in [1.807, 2.05) is 22.6 Å². The number of carbonyl (C=O) groups excluding carboxylic acids is 1. The van der Waals surface area contributed by atoms with Gasteiger partial charge in [-0.1, -0.05) is 6.07 Å². The summed E-state index contributed by atoms with van der Waals surface area (Å²) in [5, 5.41) is 11.7. The zero-order chi connectivity index (χ0) is 15.6. The van der Waals surface area contributed by atoms with Crippen LogP contribution in [-0.2, 0) is 0 Å². The summed E-state index contributed by atoms with van der Waals surface area (Å²) in [5.41, 5.74) is 0.397. The number of hydrogen-bond donors (Lipinski definition) is 2. The van der Waals surface area contributed by atoms with Gasteiger partial charge in [0.15, 0.2) is 0 Å². The molecule has 0 aliphatic heterocycles.